The molecule has 94 valence electrons. The zero-order valence-electron chi connectivity index (χ0n) is 10.3. The molecule has 1 N–H and O–H groups in total. The molecule has 1 aromatic heterocycles. The van der Waals surface area contributed by atoms with Crippen LogP contribution in [0.25, 0.3) is 0 Å². The number of hydrogen-bond acceptors (Lipinski definition) is 3. The molecule has 3 nitrogen and oxygen atoms in total. The van der Waals surface area contributed by atoms with E-state index >= 15 is 0 Å². The van der Waals surface area contributed by atoms with Gasteiger partial charge in [0.25, 0.3) is 5.56 Å². The standard InChI is InChI=1S/C12H17BrN2OS/c1-12(2,3)17-6-8-14-10(7-4-5-7)9(13)11(16)15-8/h7H,4-6H2,1-3H3,(H,14,15,16). The molecule has 2 rings (SSSR count). The number of nitrogens with zero attached hydrogens (tertiary/aromatic N) is 1. The topological polar surface area (TPSA) is 45.8 Å². The van der Waals surface area contributed by atoms with Crippen molar-refractivity contribution in [1.29, 1.82) is 0 Å². The highest BCUT2D eigenvalue weighted by Crippen LogP contribution is 2.41. The van der Waals surface area contributed by atoms with Gasteiger partial charge in [0.2, 0.25) is 0 Å². The Kier molecular flexibility index (Phi) is 3.69. The molecule has 1 aliphatic rings. The number of rotatable bonds is 3. The first-order chi connectivity index (χ1) is 7.87. The number of nitrogens with one attached hydrogen (secondary N) is 1. The summed E-state index contributed by atoms with van der Waals surface area (Å²) in [6.45, 7) is 6.49. The molecule has 0 amide bonds. The highest BCUT2D eigenvalue weighted by Gasteiger charge is 2.29. The van der Waals surface area contributed by atoms with E-state index in [1.807, 2.05) is 0 Å². The van der Waals surface area contributed by atoms with Crippen molar-refractivity contribution in [3.05, 3.63) is 26.3 Å². The Morgan fingerprint density at radius 1 is 1.47 bits per heavy atom. The highest BCUT2D eigenvalue weighted by atomic mass is 79.9. The molecule has 0 atom stereocenters. The Bertz CT molecular complexity index is 474. The first kappa shape index (κ1) is 13.1. The lowest BCUT2D eigenvalue weighted by Gasteiger charge is -2.17. The van der Waals surface area contributed by atoms with Gasteiger partial charge in [-0.25, -0.2) is 4.98 Å². The summed E-state index contributed by atoms with van der Waals surface area (Å²) in [5, 5.41) is 0. The molecule has 1 aliphatic carbocycles. The van der Waals surface area contributed by atoms with Gasteiger partial charge in [-0.1, -0.05) is 20.8 Å². The second kappa shape index (κ2) is 4.76. The van der Waals surface area contributed by atoms with Gasteiger partial charge in [0, 0.05) is 10.7 Å². The Balaban J connectivity index is 2.21. The van der Waals surface area contributed by atoms with E-state index in [0.29, 0.717) is 10.4 Å². The van der Waals surface area contributed by atoms with Crippen LogP contribution in [0.1, 0.15) is 51.0 Å². The van der Waals surface area contributed by atoms with E-state index < -0.39 is 0 Å². The van der Waals surface area contributed by atoms with E-state index in [-0.39, 0.29) is 10.3 Å². The number of aromatic nitrogens is 2. The van der Waals surface area contributed by atoms with Crippen molar-refractivity contribution in [1.82, 2.24) is 9.97 Å². The minimum Gasteiger partial charge on any atom is -0.309 e. The van der Waals surface area contributed by atoms with Gasteiger partial charge in [-0.05, 0) is 28.8 Å². The Hall–Kier alpha value is -0.290. The third-order valence-electron chi connectivity index (χ3n) is 2.54. The molecule has 0 saturated heterocycles. The van der Waals surface area contributed by atoms with Gasteiger partial charge in [0.1, 0.15) is 10.3 Å². The summed E-state index contributed by atoms with van der Waals surface area (Å²) in [4.78, 5) is 19.2. The third-order valence-corrected chi connectivity index (χ3v) is 4.59. The van der Waals surface area contributed by atoms with Crippen LogP contribution in [0.5, 0.6) is 0 Å². The molecule has 0 radical (unpaired) electrons. The van der Waals surface area contributed by atoms with Crippen LogP contribution < -0.4 is 5.56 Å². The van der Waals surface area contributed by atoms with Crippen molar-refractivity contribution >= 4 is 27.7 Å². The van der Waals surface area contributed by atoms with E-state index in [4.69, 9.17) is 0 Å². The molecule has 17 heavy (non-hydrogen) atoms. The number of thioether (sulfide) groups is 1. The van der Waals surface area contributed by atoms with Crippen LogP contribution in [0.4, 0.5) is 0 Å². The molecule has 0 aromatic carbocycles. The van der Waals surface area contributed by atoms with Gasteiger partial charge >= 0.3 is 0 Å². The predicted molar refractivity (Wildman–Crippen MR) is 75.6 cm³/mol. The second-order valence-electron chi connectivity index (χ2n) is 5.39. The monoisotopic (exact) mass is 316 g/mol. The average molecular weight is 317 g/mol. The van der Waals surface area contributed by atoms with Crippen LogP contribution in [-0.4, -0.2) is 14.7 Å². The van der Waals surface area contributed by atoms with Gasteiger partial charge in [0.15, 0.2) is 0 Å². The second-order valence-corrected chi connectivity index (χ2v) is 7.98. The first-order valence-corrected chi connectivity index (χ1v) is 7.57. The summed E-state index contributed by atoms with van der Waals surface area (Å²) in [6.07, 6.45) is 2.31. The Morgan fingerprint density at radius 2 is 2.12 bits per heavy atom. The molecule has 1 aromatic rings. The zero-order chi connectivity index (χ0) is 12.6. The predicted octanol–water partition coefficient (Wildman–Crippen LogP) is 3.44. The fourth-order valence-corrected chi connectivity index (χ4v) is 2.72. The zero-order valence-corrected chi connectivity index (χ0v) is 12.7. The van der Waals surface area contributed by atoms with Crippen molar-refractivity contribution in [2.24, 2.45) is 0 Å². The fraction of sp³-hybridized carbons (Fsp3) is 0.667. The maximum atomic E-state index is 11.8. The van der Waals surface area contributed by atoms with Crippen molar-refractivity contribution in [3.63, 3.8) is 0 Å². The number of H-pyrrole nitrogens is 1. The lowest BCUT2D eigenvalue weighted by Crippen LogP contribution is -2.16. The highest BCUT2D eigenvalue weighted by molar-refractivity contribution is 9.10. The molecule has 5 heteroatoms. The lowest BCUT2D eigenvalue weighted by atomic mass is 10.3. The number of halogens is 1. The normalized spacial score (nSPS) is 16.2. The van der Waals surface area contributed by atoms with Gasteiger partial charge in [-0.3, -0.25) is 4.79 Å². The number of aromatic amines is 1. The summed E-state index contributed by atoms with van der Waals surface area (Å²) in [5.41, 5.74) is 0.893. The van der Waals surface area contributed by atoms with Crippen LogP contribution in [0.3, 0.4) is 0 Å². The Morgan fingerprint density at radius 3 is 2.65 bits per heavy atom. The molecule has 1 saturated carbocycles. The van der Waals surface area contributed by atoms with E-state index in [1.165, 1.54) is 0 Å². The van der Waals surface area contributed by atoms with Crippen LogP contribution in [0, 0.1) is 0 Å². The SMILES string of the molecule is CC(C)(C)SCc1nc(C2CC2)c(Br)c(=O)[nH]1. The molecule has 1 fully saturated rings. The van der Waals surface area contributed by atoms with Gasteiger partial charge in [-0.2, -0.15) is 0 Å². The quantitative estimate of drug-likeness (QED) is 0.929. The molecule has 0 spiro atoms. The van der Waals surface area contributed by atoms with Crippen LogP contribution >= 0.6 is 27.7 Å². The Labute approximate surface area is 114 Å². The first-order valence-electron chi connectivity index (χ1n) is 5.79. The molecule has 0 unspecified atom stereocenters. The maximum absolute atomic E-state index is 11.8. The fourth-order valence-electron chi connectivity index (χ4n) is 1.51. The van der Waals surface area contributed by atoms with Gasteiger partial charge in [0.05, 0.1) is 11.4 Å². The maximum Gasteiger partial charge on any atom is 0.265 e. The largest absolute Gasteiger partial charge is 0.309 e. The van der Waals surface area contributed by atoms with Gasteiger partial charge in [-0.15, -0.1) is 11.8 Å². The van der Waals surface area contributed by atoms with E-state index in [0.717, 1.165) is 30.1 Å². The summed E-state index contributed by atoms with van der Waals surface area (Å²) >= 11 is 5.13. The van der Waals surface area contributed by atoms with Crippen LogP contribution in [0.2, 0.25) is 0 Å². The van der Waals surface area contributed by atoms with Gasteiger partial charge < -0.3 is 4.98 Å². The lowest BCUT2D eigenvalue weighted by molar-refractivity contribution is 0.798. The van der Waals surface area contributed by atoms with Crippen LogP contribution in [-0.2, 0) is 5.75 Å². The summed E-state index contributed by atoms with van der Waals surface area (Å²) in [7, 11) is 0. The third kappa shape index (κ3) is 3.58. The van der Waals surface area contributed by atoms with E-state index in [9.17, 15) is 4.79 Å². The number of hydrogen-bond donors (Lipinski definition) is 1. The summed E-state index contributed by atoms with van der Waals surface area (Å²) < 4.78 is 0.801. The summed E-state index contributed by atoms with van der Waals surface area (Å²) in [5.74, 6) is 2.04. The van der Waals surface area contributed by atoms with Crippen molar-refractivity contribution < 1.29 is 0 Å². The van der Waals surface area contributed by atoms with Crippen LogP contribution in [0.15, 0.2) is 9.27 Å². The summed E-state index contributed by atoms with van der Waals surface area (Å²) in [6, 6.07) is 0. The van der Waals surface area contributed by atoms with Crippen molar-refractivity contribution in [3.8, 4) is 0 Å². The van der Waals surface area contributed by atoms with Crippen molar-refractivity contribution in [2.75, 3.05) is 0 Å². The molecular formula is C12H17BrN2OS. The minimum atomic E-state index is -0.0496. The molecule has 1 heterocycles. The smallest absolute Gasteiger partial charge is 0.265 e. The van der Waals surface area contributed by atoms with Crippen molar-refractivity contribution in [2.45, 2.75) is 50.0 Å². The van der Waals surface area contributed by atoms with E-state index in [1.54, 1.807) is 11.8 Å². The average Bonchev–Trinajstić information content (AvgIpc) is 3.02. The molecule has 0 aliphatic heterocycles. The minimum absolute atomic E-state index is 0.0496. The van der Waals surface area contributed by atoms with E-state index in [2.05, 4.69) is 46.7 Å². The molecule has 0 bridgehead atoms. The molecular weight excluding hydrogens is 300 g/mol.